The summed E-state index contributed by atoms with van der Waals surface area (Å²) in [6, 6.07) is 0. The molecule has 3 heterocycles. The number of amides is 2. The zero-order valence-electron chi connectivity index (χ0n) is 11.2. The highest BCUT2D eigenvalue weighted by Gasteiger charge is 2.47. The summed E-state index contributed by atoms with van der Waals surface area (Å²) in [5.41, 5.74) is 0.724. The first-order chi connectivity index (χ1) is 9.70. The lowest BCUT2D eigenvalue weighted by Crippen LogP contribution is -2.37. The van der Waals surface area contributed by atoms with Gasteiger partial charge in [0.25, 0.3) is 0 Å². The summed E-state index contributed by atoms with van der Waals surface area (Å²) < 4.78 is 4.85. The van der Waals surface area contributed by atoms with E-state index < -0.39 is 0 Å². The molecule has 0 radical (unpaired) electrons. The number of hydrogen-bond donors (Lipinski definition) is 0. The summed E-state index contributed by atoms with van der Waals surface area (Å²) in [6.45, 7) is 1.79. The maximum atomic E-state index is 12.4. The molecule has 1 aromatic heterocycles. The van der Waals surface area contributed by atoms with Crippen LogP contribution in [0.2, 0.25) is 0 Å². The van der Waals surface area contributed by atoms with E-state index in [1.165, 1.54) is 13.4 Å². The highest BCUT2D eigenvalue weighted by Crippen LogP contribution is 2.34. The van der Waals surface area contributed by atoms with Crippen molar-refractivity contribution in [2.24, 2.45) is 11.8 Å². The Balaban J connectivity index is 1.70. The Hall–Kier alpha value is -2.02. The van der Waals surface area contributed by atoms with Crippen molar-refractivity contribution in [3.05, 3.63) is 18.7 Å². The number of rotatable bonds is 3. The molecular formula is C13H16N4O3. The molecule has 0 saturated carbocycles. The first-order valence-electron chi connectivity index (χ1n) is 6.54. The number of fused-ring (bicyclic) bond motifs is 1. The largest absolute Gasteiger partial charge is 0.375 e. The molecule has 3 rings (SSSR count). The van der Waals surface area contributed by atoms with Gasteiger partial charge in [0.05, 0.1) is 24.0 Å². The van der Waals surface area contributed by atoms with Gasteiger partial charge in [-0.25, -0.2) is 9.97 Å². The zero-order chi connectivity index (χ0) is 14.1. The van der Waals surface area contributed by atoms with E-state index in [9.17, 15) is 9.59 Å². The van der Waals surface area contributed by atoms with E-state index >= 15 is 0 Å². The minimum absolute atomic E-state index is 0.0516. The Labute approximate surface area is 116 Å². The van der Waals surface area contributed by atoms with Crippen molar-refractivity contribution in [3.8, 4) is 0 Å². The van der Waals surface area contributed by atoms with Crippen LogP contribution in [0.4, 0.5) is 5.69 Å². The first-order valence-corrected chi connectivity index (χ1v) is 6.54. The van der Waals surface area contributed by atoms with E-state index in [0.717, 1.165) is 5.69 Å². The van der Waals surface area contributed by atoms with Gasteiger partial charge in [0.15, 0.2) is 0 Å². The molecule has 0 unspecified atom stereocenters. The number of ether oxygens (including phenoxy) is 1. The number of likely N-dealkylation sites (tertiary alicyclic amines) is 1. The third kappa shape index (κ3) is 2.14. The van der Waals surface area contributed by atoms with Crippen molar-refractivity contribution >= 4 is 17.5 Å². The molecule has 106 valence electrons. The molecular weight excluding hydrogens is 260 g/mol. The molecule has 7 heteroatoms. The fourth-order valence-electron chi connectivity index (χ4n) is 2.94. The number of carbonyl (C=O) groups excluding carboxylic acids is 2. The standard InChI is InChI=1S/C13H16N4O3/c1-20-7-12(18)16-4-9-5-17(13(19)11(9)6-16)10-2-14-8-15-3-10/h2-3,8-9,11H,4-7H2,1H3/t9-,11-/m1/s1. The van der Waals surface area contributed by atoms with Gasteiger partial charge in [0.1, 0.15) is 12.9 Å². The molecule has 0 bridgehead atoms. The molecule has 2 saturated heterocycles. The topological polar surface area (TPSA) is 75.6 Å². The second kappa shape index (κ2) is 5.16. The fraction of sp³-hybridized carbons (Fsp3) is 0.538. The third-order valence-electron chi connectivity index (χ3n) is 3.92. The van der Waals surface area contributed by atoms with E-state index in [0.29, 0.717) is 19.6 Å². The molecule has 0 spiro atoms. The smallest absolute Gasteiger partial charge is 0.248 e. The van der Waals surface area contributed by atoms with Gasteiger partial charge in [0, 0.05) is 32.7 Å². The molecule has 7 nitrogen and oxygen atoms in total. The van der Waals surface area contributed by atoms with Gasteiger partial charge in [-0.1, -0.05) is 0 Å². The van der Waals surface area contributed by atoms with Crippen LogP contribution in [0.25, 0.3) is 0 Å². The van der Waals surface area contributed by atoms with Gasteiger partial charge in [-0.15, -0.1) is 0 Å². The van der Waals surface area contributed by atoms with Crippen molar-refractivity contribution in [3.63, 3.8) is 0 Å². The summed E-state index contributed by atoms with van der Waals surface area (Å²) in [7, 11) is 1.50. The first kappa shape index (κ1) is 13.0. The number of nitrogens with zero attached hydrogens (tertiary/aromatic N) is 4. The summed E-state index contributed by atoms with van der Waals surface area (Å²) in [4.78, 5) is 35.5. The van der Waals surface area contributed by atoms with Crippen molar-refractivity contribution in [1.82, 2.24) is 14.9 Å². The predicted molar refractivity (Wildman–Crippen MR) is 69.8 cm³/mol. The molecule has 2 aliphatic rings. The average molecular weight is 276 g/mol. The van der Waals surface area contributed by atoms with Gasteiger partial charge in [-0.05, 0) is 0 Å². The lowest BCUT2D eigenvalue weighted by Gasteiger charge is -2.21. The molecule has 0 aliphatic carbocycles. The predicted octanol–water partition coefficient (Wildman–Crippen LogP) is -0.456. The van der Waals surface area contributed by atoms with Gasteiger partial charge in [-0.2, -0.15) is 0 Å². The molecule has 2 aliphatic heterocycles. The van der Waals surface area contributed by atoms with Gasteiger partial charge in [-0.3, -0.25) is 9.59 Å². The highest BCUT2D eigenvalue weighted by atomic mass is 16.5. The Kier molecular flexibility index (Phi) is 3.35. The summed E-state index contributed by atoms with van der Waals surface area (Å²) in [6.07, 6.45) is 4.72. The molecule has 2 atom stereocenters. The molecule has 2 amide bonds. The van der Waals surface area contributed by atoms with E-state index in [1.54, 1.807) is 22.2 Å². The van der Waals surface area contributed by atoms with Crippen LogP contribution in [0.5, 0.6) is 0 Å². The summed E-state index contributed by atoms with van der Waals surface area (Å²) in [5.74, 6) is 0.0707. The highest BCUT2D eigenvalue weighted by molar-refractivity contribution is 5.98. The second-order valence-electron chi connectivity index (χ2n) is 5.14. The molecule has 20 heavy (non-hydrogen) atoms. The number of anilines is 1. The quantitative estimate of drug-likeness (QED) is 0.747. The fourth-order valence-corrected chi connectivity index (χ4v) is 2.94. The maximum absolute atomic E-state index is 12.4. The maximum Gasteiger partial charge on any atom is 0.248 e. The van der Waals surface area contributed by atoms with Crippen molar-refractivity contribution < 1.29 is 14.3 Å². The minimum Gasteiger partial charge on any atom is -0.375 e. The van der Waals surface area contributed by atoms with Crippen LogP contribution in [0.3, 0.4) is 0 Å². The molecule has 2 fully saturated rings. The monoisotopic (exact) mass is 276 g/mol. The van der Waals surface area contributed by atoms with Gasteiger partial charge in [0.2, 0.25) is 11.8 Å². The van der Waals surface area contributed by atoms with E-state index in [4.69, 9.17) is 4.74 Å². The van der Waals surface area contributed by atoms with Crippen LogP contribution in [-0.4, -0.2) is 60.0 Å². The number of hydrogen-bond acceptors (Lipinski definition) is 5. The van der Waals surface area contributed by atoms with E-state index in [2.05, 4.69) is 9.97 Å². The number of methoxy groups -OCH3 is 1. The number of carbonyl (C=O) groups is 2. The Bertz CT molecular complexity index is 522. The normalized spacial score (nSPS) is 25.1. The molecule has 1 aromatic rings. The summed E-state index contributed by atoms with van der Waals surface area (Å²) >= 11 is 0. The average Bonchev–Trinajstić information content (AvgIpc) is 3.00. The minimum atomic E-state index is -0.115. The van der Waals surface area contributed by atoms with Crippen LogP contribution in [0.1, 0.15) is 0 Å². The summed E-state index contributed by atoms with van der Waals surface area (Å²) in [5, 5.41) is 0. The van der Waals surface area contributed by atoms with Crippen molar-refractivity contribution in [2.45, 2.75) is 0 Å². The molecule has 0 N–H and O–H groups in total. The van der Waals surface area contributed by atoms with Crippen LogP contribution >= 0.6 is 0 Å². The number of aromatic nitrogens is 2. The lowest BCUT2D eigenvalue weighted by molar-refractivity contribution is -0.134. The van der Waals surface area contributed by atoms with Crippen LogP contribution in [0.15, 0.2) is 18.7 Å². The zero-order valence-corrected chi connectivity index (χ0v) is 11.2. The van der Waals surface area contributed by atoms with E-state index in [1.807, 2.05) is 0 Å². The van der Waals surface area contributed by atoms with Crippen LogP contribution in [0, 0.1) is 11.8 Å². The van der Waals surface area contributed by atoms with E-state index in [-0.39, 0.29) is 30.3 Å². The third-order valence-corrected chi connectivity index (χ3v) is 3.92. The lowest BCUT2D eigenvalue weighted by atomic mass is 10.0. The van der Waals surface area contributed by atoms with Crippen LogP contribution in [-0.2, 0) is 14.3 Å². The Morgan fingerprint density at radius 2 is 2.10 bits per heavy atom. The van der Waals surface area contributed by atoms with Gasteiger partial charge >= 0.3 is 0 Å². The van der Waals surface area contributed by atoms with Gasteiger partial charge < -0.3 is 14.5 Å². The second-order valence-corrected chi connectivity index (χ2v) is 5.14. The SMILES string of the molecule is COCC(=O)N1C[C@@H]2CN(c3cncnc3)C(=O)[C@@H]2C1. The Morgan fingerprint density at radius 1 is 1.35 bits per heavy atom. The van der Waals surface area contributed by atoms with Crippen molar-refractivity contribution in [1.29, 1.82) is 0 Å². The molecule has 0 aromatic carbocycles. The van der Waals surface area contributed by atoms with Crippen molar-refractivity contribution in [2.75, 3.05) is 38.3 Å². The Morgan fingerprint density at radius 3 is 2.75 bits per heavy atom. The van der Waals surface area contributed by atoms with Crippen LogP contribution < -0.4 is 4.90 Å².